The highest BCUT2D eigenvalue weighted by molar-refractivity contribution is 5.98. The zero-order valence-electron chi connectivity index (χ0n) is 16.3. The van der Waals surface area contributed by atoms with Gasteiger partial charge in [-0.15, -0.1) is 0 Å². The molecule has 1 atom stereocenters. The van der Waals surface area contributed by atoms with Crippen molar-refractivity contribution in [2.24, 2.45) is 5.92 Å². The van der Waals surface area contributed by atoms with E-state index in [9.17, 15) is 14.4 Å². The van der Waals surface area contributed by atoms with E-state index in [0.29, 0.717) is 12.8 Å². The van der Waals surface area contributed by atoms with E-state index in [2.05, 4.69) is 10.7 Å². The lowest BCUT2D eigenvalue weighted by Crippen LogP contribution is -2.56. The third-order valence-corrected chi connectivity index (χ3v) is 4.37. The quantitative estimate of drug-likeness (QED) is 0.590. The van der Waals surface area contributed by atoms with Gasteiger partial charge < -0.3 is 10.1 Å². The van der Waals surface area contributed by atoms with Gasteiger partial charge >= 0.3 is 6.09 Å². The summed E-state index contributed by atoms with van der Waals surface area (Å²) in [5.41, 5.74) is 4.25. The molecule has 1 aliphatic heterocycles. The second-order valence-corrected chi connectivity index (χ2v) is 7.16. The van der Waals surface area contributed by atoms with Gasteiger partial charge in [-0.25, -0.2) is 15.2 Å². The minimum Gasteiger partial charge on any atom is -0.448 e. The molecule has 2 N–H and O–H groups in total. The molecule has 1 heterocycles. The summed E-state index contributed by atoms with van der Waals surface area (Å²) in [6.45, 7) is 6.10. The number of ether oxygens (including phenoxy) is 1. The normalized spacial score (nSPS) is 16.1. The van der Waals surface area contributed by atoms with Gasteiger partial charge in [0, 0.05) is 12.1 Å². The number of unbranched alkanes of at least 4 members (excludes halogenated alkanes) is 1. The van der Waals surface area contributed by atoms with Crippen LogP contribution < -0.4 is 10.7 Å². The molecule has 2 rings (SSSR count). The third-order valence-electron chi connectivity index (χ3n) is 4.37. The molecule has 7 heteroatoms. The first-order chi connectivity index (χ1) is 12.9. The number of benzene rings is 1. The van der Waals surface area contributed by atoms with Crippen molar-refractivity contribution in [1.82, 2.24) is 10.4 Å². The summed E-state index contributed by atoms with van der Waals surface area (Å²) >= 11 is 0. The molecule has 0 aromatic heterocycles. The fourth-order valence-corrected chi connectivity index (χ4v) is 2.95. The predicted molar refractivity (Wildman–Crippen MR) is 103 cm³/mol. The molecule has 0 aliphatic carbocycles. The number of para-hydroxylation sites is 1. The SMILES string of the molecule is CCCCOC(=O)NN(C(=O)CC(C)C)[C@@H]1CCc2ccccc2NC1=O. The Morgan fingerprint density at radius 3 is 2.78 bits per heavy atom. The second-order valence-electron chi connectivity index (χ2n) is 7.16. The van der Waals surface area contributed by atoms with E-state index in [1.54, 1.807) is 0 Å². The topological polar surface area (TPSA) is 87.7 Å². The Morgan fingerprint density at radius 2 is 2.07 bits per heavy atom. The van der Waals surface area contributed by atoms with Gasteiger partial charge in [-0.1, -0.05) is 45.4 Å². The Morgan fingerprint density at radius 1 is 1.33 bits per heavy atom. The lowest BCUT2D eigenvalue weighted by molar-refractivity contribution is -0.142. The lowest BCUT2D eigenvalue weighted by Gasteiger charge is -2.30. The van der Waals surface area contributed by atoms with Crippen molar-refractivity contribution in [2.45, 2.75) is 58.9 Å². The van der Waals surface area contributed by atoms with E-state index in [1.165, 1.54) is 0 Å². The average Bonchev–Trinajstić information content (AvgIpc) is 2.77. The fraction of sp³-hybridized carbons (Fsp3) is 0.550. The smallest absolute Gasteiger partial charge is 0.426 e. The molecule has 27 heavy (non-hydrogen) atoms. The van der Waals surface area contributed by atoms with Gasteiger partial charge in [0.15, 0.2) is 0 Å². The molecule has 1 aromatic rings. The van der Waals surface area contributed by atoms with Gasteiger partial charge in [-0.2, -0.15) is 0 Å². The molecule has 1 aromatic carbocycles. The van der Waals surface area contributed by atoms with Crippen molar-refractivity contribution < 1.29 is 19.1 Å². The summed E-state index contributed by atoms with van der Waals surface area (Å²) < 4.78 is 5.11. The van der Waals surface area contributed by atoms with Gasteiger partial charge in [-0.05, 0) is 36.8 Å². The van der Waals surface area contributed by atoms with Crippen LogP contribution in [0.3, 0.4) is 0 Å². The molecule has 148 valence electrons. The van der Waals surface area contributed by atoms with Crippen LogP contribution in [0.15, 0.2) is 24.3 Å². The maximum Gasteiger partial charge on any atom is 0.426 e. The number of rotatable bonds is 6. The third kappa shape index (κ3) is 5.98. The van der Waals surface area contributed by atoms with Crippen LogP contribution in [0.25, 0.3) is 0 Å². The van der Waals surface area contributed by atoms with E-state index >= 15 is 0 Å². The largest absolute Gasteiger partial charge is 0.448 e. The number of hydrogen-bond donors (Lipinski definition) is 2. The molecule has 0 spiro atoms. The van der Waals surface area contributed by atoms with Crippen LogP contribution in [0, 0.1) is 5.92 Å². The monoisotopic (exact) mass is 375 g/mol. The number of carbonyl (C=O) groups is 3. The van der Waals surface area contributed by atoms with Crippen molar-refractivity contribution in [1.29, 1.82) is 0 Å². The van der Waals surface area contributed by atoms with Gasteiger partial charge in [0.05, 0.1) is 6.61 Å². The van der Waals surface area contributed by atoms with Crippen molar-refractivity contribution >= 4 is 23.6 Å². The molecule has 0 radical (unpaired) electrons. The Kier molecular flexibility index (Phi) is 7.64. The first kappa shape index (κ1) is 20.7. The van der Waals surface area contributed by atoms with Gasteiger partial charge in [0.2, 0.25) is 11.8 Å². The summed E-state index contributed by atoms with van der Waals surface area (Å²) in [6, 6.07) is 6.76. The number of carbonyl (C=O) groups excluding carboxylic acids is 3. The van der Waals surface area contributed by atoms with Crippen LogP contribution in [-0.4, -0.2) is 35.6 Å². The van der Waals surface area contributed by atoms with E-state index in [-0.39, 0.29) is 30.8 Å². The summed E-state index contributed by atoms with van der Waals surface area (Å²) in [4.78, 5) is 37.6. The Hall–Kier alpha value is -2.57. The Labute approximate surface area is 160 Å². The maximum atomic E-state index is 12.8. The van der Waals surface area contributed by atoms with E-state index in [1.807, 2.05) is 45.0 Å². The van der Waals surface area contributed by atoms with Crippen LogP contribution in [0.5, 0.6) is 0 Å². The first-order valence-electron chi connectivity index (χ1n) is 9.56. The van der Waals surface area contributed by atoms with Gasteiger partial charge in [0.1, 0.15) is 6.04 Å². The van der Waals surface area contributed by atoms with Crippen LogP contribution in [0.1, 0.15) is 52.0 Å². The molecule has 0 saturated heterocycles. The molecule has 3 amide bonds. The van der Waals surface area contributed by atoms with Crippen LogP contribution in [0.4, 0.5) is 10.5 Å². The number of hydrazine groups is 1. The van der Waals surface area contributed by atoms with Crippen LogP contribution in [0.2, 0.25) is 0 Å². The second kappa shape index (κ2) is 9.94. The highest BCUT2D eigenvalue weighted by atomic mass is 16.6. The zero-order valence-corrected chi connectivity index (χ0v) is 16.3. The van der Waals surface area contributed by atoms with Crippen LogP contribution in [-0.2, 0) is 20.7 Å². The zero-order chi connectivity index (χ0) is 19.8. The van der Waals surface area contributed by atoms with Crippen molar-refractivity contribution in [2.75, 3.05) is 11.9 Å². The van der Waals surface area contributed by atoms with E-state index in [4.69, 9.17) is 4.74 Å². The summed E-state index contributed by atoms with van der Waals surface area (Å²) in [7, 11) is 0. The fourth-order valence-electron chi connectivity index (χ4n) is 2.95. The van der Waals surface area contributed by atoms with Crippen molar-refractivity contribution in [3.63, 3.8) is 0 Å². The Balaban J connectivity index is 2.15. The molecule has 1 aliphatic rings. The Bertz CT molecular complexity index is 675. The van der Waals surface area contributed by atoms with Crippen LogP contribution >= 0.6 is 0 Å². The number of fused-ring (bicyclic) bond motifs is 1. The predicted octanol–water partition coefficient (Wildman–Crippen LogP) is 3.26. The minimum atomic E-state index is -0.789. The summed E-state index contributed by atoms with van der Waals surface area (Å²) in [6.07, 6.45) is 2.19. The molecule has 0 saturated carbocycles. The number of nitrogens with zero attached hydrogens (tertiary/aromatic N) is 1. The average molecular weight is 375 g/mol. The number of nitrogens with one attached hydrogen (secondary N) is 2. The molecular weight excluding hydrogens is 346 g/mol. The highest BCUT2D eigenvalue weighted by Gasteiger charge is 2.34. The first-order valence-corrected chi connectivity index (χ1v) is 9.56. The van der Waals surface area contributed by atoms with Gasteiger partial charge in [0.25, 0.3) is 0 Å². The highest BCUT2D eigenvalue weighted by Crippen LogP contribution is 2.24. The number of aryl methyl sites for hydroxylation is 1. The number of anilines is 1. The molecule has 0 unspecified atom stereocenters. The summed E-state index contributed by atoms with van der Waals surface area (Å²) in [5.74, 6) is -0.515. The minimum absolute atomic E-state index is 0.101. The standard InChI is InChI=1S/C20H29N3O4/c1-4-5-12-27-20(26)22-23(18(24)13-14(2)3)17-11-10-15-8-6-7-9-16(15)21-19(17)25/h6-9,14,17H,4-5,10-13H2,1-3H3,(H,21,25)(H,22,26)/t17-/m1/s1. The molecule has 0 bridgehead atoms. The van der Waals surface area contributed by atoms with E-state index < -0.39 is 12.1 Å². The number of amides is 3. The van der Waals surface area contributed by atoms with E-state index in [0.717, 1.165) is 29.1 Å². The maximum absolute atomic E-state index is 12.8. The lowest BCUT2D eigenvalue weighted by atomic mass is 10.0. The molecular formula is C20H29N3O4. The number of hydrogen-bond acceptors (Lipinski definition) is 4. The molecule has 0 fully saturated rings. The summed E-state index contributed by atoms with van der Waals surface area (Å²) in [5, 5.41) is 4.01. The van der Waals surface area contributed by atoms with Gasteiger partial charge in [-0.3, -0.25) is 9.59 Å². The van der Waals surface area contributed by atoms with Crippen molar-refractivity contribution in [3.8, 4) is 0 Å². The molecule has 7 nitrogen and oxygen atoms in total. The van der Waals surface area contributed by atoms with Crippen molar-refractivity contribution in [3.05, 3.63) is 29.8 Å².